The highest BCUT2D eigenvalue weighted by Crippen LogP contribution is 2.23. The predicted molar refractivity (Wildman–Crippen MR) is 110 cm³/mol. The van der Waals surface area contributed by atoms with Crippen LogP contribution in [0.2, 0.25) is 0 Å². The van der Waals surface area contributed by atoms with Gasteiger partial charge < -0.3 is 9.64 Å². The van der Waals surface area contributed by atoms with E-state index < -0.39 is 0 Å². The Bertz CT molecular complexity index is 902. The molecule has 1 aliphatic heterocycles. The summed E-state index contributed by atoms with van der Waals surface area (Å²) in [6.45, 7) is 3.05. The molecule has 0 N–H and O–H groups in total. The van der Waals surface area contributed by atoms with Crippen molar-refractivity contribution < 1.29 is 9.13 Å². The summed E-state index contributed by atoms with van der Waals surface area (Å²) in [5, 5.41) is 0. The summed E-state index contributed by atoms with van der Waals surface area (Å²) in [6.07, 6.45) is 1.75. The van der Waals surface area contributed by atoms with Gasteiger partial charge in [-0.1, -0.05) is 18.2 Å². The first-order chi connectivity index (χ1) is 13.8. The van der Waals surface area contributed by atoms with Crippen LogP contribution in [0.1, 0.15) is 11.3 Å². The predicted octanol–water partition coefficient (Wildman–Crippen LogP) is 3.95. The van der Waals surface area contributed by atoms with Gasteiger partial charge in [-0.3, -0.25) is 4.98 Å². The second kappa shape index (κ2) is 9.12. The first-order valence-electron chi connectivity index (χ1n) is 9.22. The van der Waals surface area contributed by atoms with Crippen LogP contribution in [0.5, 0.6) is 0 Å². The summed E-state index contributed by atoms with van der Waals surface area (Å²) in [6, 6.07) is 14.4. The molecule has 0 atom stereocenters. The van der Waals surface area contributed by atoms with Gasteiger partial charge in [0.15, 0.2) is 5.82 Å². The van der Waals surface area contributed by atoms with Gasteiger partial charge in [0.05, 0.1) is 18.9 Å². The average Bonchev–Trinajstić information content (AvgIpc) is 2.76. The molecule has 0 amide bonds. The fourth-order valence-electron chi connectivity index (χ4n) is 2.98. The molecule has 144 valence electrons. The van der Waals surface area contributed by atoms with Gasteiger partial charge in [-0.15, -0.1) is 0 Å². The smallest absolute Gasteiger partial charge is 0.180 e. The van der Waals surface area contributed by atoms with E-state index in [9.17, 15) is 4.39 Å². The minimum atomic E-state index is -0.209. The maximum Gasteiger partial charge on any atom is 0.180 e. The van der Waals surface area contributed by atoms with Gasteiger partial charge in [-0.2, -0.15) is 11.8 Å². The van der Waals surface area contributed by atoms with Crippen LogP contribution in [0.15, 0.2) is 54.7 Å². The SMILES string of the molecule is Fc1ccc(CSCc2cc(N3CCOCC3)nc(-c3ccccn3)n2)cc1. The van der Waals surface area contributed by atoms with Crippen LogP contribution in [0, 0.1) is 5.82 Å². The zero-order valence-electron chi connectivity index (χ0n) is 15.4. The maximum atomic E-state index is 13.1. The van der Waals surface area contributed by atoms with Crippen molar-refractivity contribution in [3.05, 3.63) is 71.8 Å². The molecule has 0 unspecified atom stereocenters. The van der Waals surface area contributed by atoms with Crippen LogP contribution < -0.4 is 4.90 Å². The molecule has 3 heterocycles. The Morgan fingerprint density at radius 3 is 2.57 bits per heavy atom. The Kier molecular flexibility index (Phi) is 6.14. The number of thioether (sulfide) groups is 1. The second-order valence-corrected chi connectivity index (χ2v) is 7.46. The van der Waals surface area contributed by atoms with Crippen LogP contribution in [-0.4, -0.2) is 41.3 Å². The van der Waals surface area contributed by atoms with Crippen molar-refractivity contribution in [1.82, 2.24) is 15.0 Å². The third-order valence-electron chi connectivity index (χ3n) is 4.43. The number of hydrogen-bond acceptors (Lipinski definition) is 6. The van der Waals surface area contributed by atoms with E-state index in [1.807, 2.05) is 30.3 Å². The lowest BCUT2D eigenvalue weighted by atomic mass is 10.2. The van der Waals surface area contributed by atoms with E-state index in [0.717, 1.165) is 47.4 Å². The molecule has 0 aliphatic carbocycles. The van der Waals surface area contributed by atoms with Gasteiger partial charge in [0.1, 0.15) is 17.3 Å². The topological polar surface area (TPSA) is 51.1 Å². The number of aromatic nitrogens is 3. The zero-order chi connectivity index (χ0) is 19.2. The van der Waals surface area contributed by atoms with Gasteiger partial charge >= 0.3 is 0 Å². The molecule has 1 aromatic carbocycles. The summed E-state index contributed by atoms with van der Waals surface area (Å²) in [7, 11) is 0. The van der Waals surface area contributed by atoms with Crippen LogP contribution in [0.4, 0.5) is 10.2 Å². The van der Waals surface area contributed by atoms with Gasteiger partial charge in [0.25, 0.3) is 0 Å². The minimum Gasteiger partial charge on any atom is -0.378 e. The molecule has 0 spiro atoms. The summed E-state index contributed by atoms with van der Waals surface area (Å²) in [5.41, 5.74) is 2.82. The molecular weight excluding hydrogens is 375 g/mol. The molecule has 1 saturated heterocycles. The number of nitrogens with zero attached hydrogens (tertiary/aromatic N) is 4. The Labute approximate surface area is 168 Å². The third-order valence-corrected chi connectivity index (χ3v) is 5.46. The lowest BCUT2D eigenvalue weighted by molar-refractivity contribution is 0.122. The van der Waals surface area contributed by atoms with E-state index in [1.54, 1.807) is 18.0 Å². The zero-order valence-corrected chi connectivity index (χ0v) is 16.2. The number of morpholine rings is 1. The van der Waals surface area contributed by atoms with Crippen molar-refractivity contribution in [3.8, 4) is 11.5 Å². The van der Waals surface area contributed by atoms with Crippen molar-refractivity contribution in [2.75, 3.05) is 31.2 Å². The molecule has 7 heteroatoms. The average molecular weight is 396 g/mol. The summed E-state index contributed by atoms with van der Waals surface area (Å²) in [5.74, 6) is 2.89. The highest BCUT2D eigenvalue weighted by atomic mass is 32.2. The molecule has 0 saturated carbocycles. The molecule has 1 aliphatic rings. The standard InChI is InChI=1S/C21H21FN4OS/c22-17-6-4-16(5-7-17)14-28-15-18-13-20(26-9-11-27-12-10-26)25-21(24-18)19-3-1-2-8-23-19/h1-8,13H,9-12,14-15H2. The fraction of sp³-hybridized carbons (Fsp3) is 0.286. The molecule has 0 radical (unpaired) electrons. The maximum absolute atomic E-state index is 13.1. The van der Waals surface area contributed by atoms with Gasteiger partial charge in [0.2, 0.25) is 0 Å². The fourth-order valence-corrected chi connectivity index (χ4v) is 3.86. The monoisotopic (exact) mass is 396 g/mol. The molecule has 5 nitrogen and oxygen atoms in total. The highest BCUT2D eigenvalue weighted by molar-refractivity contribution is 7.97. The Balaban J connectivity index is 1.53. The van der Waals surface area contributed by atoms with Gasteiger partial charge in [-0.05, 0) is 29.8 Å². The first kappa shape index (κ1) is 18.8. The van der Waals surface area contributed by atoms with E-state index in [-0.39, 0.29) is 5.82 Å². The van der Waals surface area contributed by atoms with Crippen molar-refractivity contribution in [3.63, 3.8) is 0 Å². The molecule has 2 aromatic heterocycles. The van der Waals surface area contributed by atoms with Crippen molar-refractivity contribution in [2.24, 2.45) is 0 Å². The summed E-state index contributed by atoms with van der Waals surface area (Å²) < 4.78 is 18.5. The normalized spacial score (nSPS) is 14.2. The third kappa shape index (κ3) is 4.85. The van der Waals surface area contributed by atoms with Gasteiger partial charge in [-0.25, -0.2) is 14.4 Å². The number of pyridine rings is 1. The first-order valence-corrected chi connectivity index (χ1v) is 10.4. The quantitative estimate of drug-likeness (QED) is 0.629. The number of ether oxygens (including phenoxy) is 1. The molecule has 3 aromatic rings. The lowest BCUT2D eigenvalue weighted by Crippen LogP contribution is -2.37. The van der Waals surface area contributed by atoms with E-state index >= 15 is 0 Å². The van der Waals surface area contributed by atoms with E-state index in [0.29, 0.717) is 19.0 Å². The van der Waals surface area contributed by atoms with E-state index in [4.69, 9.17) is 14.7 Å². The summed E-state index contributed by atoms with van der Waals surface area (Å²) >= 11 is 1.75. The van der Waals surface area contributed by atoms with Crippen molar-refractivity contribution in [2.45, 2.75) is 11.5 Å². The summed E-state index contributed by atoms with van der Waals surface area (Å²) in [4.78, 5) is 16.1. The lowest BCUT2D eigenvalue weighted by Gasteiger charge is -2.28. The van der Waals surface area contributed by atoms with Gasteiger partial charge in [0, 0.05) is 36.9 Å². The van der Waals surface area contributed by atoms with Crippen molar-refractivity contribution >= 4 is 17.6 Å². The second-order valence-electron chi connectivity index (χ2n) is 6.47. The minimum absolute atomic E-state index is 0.209. The molecule has 4 rings (SSSR count). The molecule has 28 heavy (non-hydrogen) atoms. The van der Waals surface area contributed by atoms with Crippen LogP contribution >= 0.6 is 11.8 Å². The number of benzene rings is 1. The number of hydrogen-bond donors (Lipinski definition) is 0. The molecular formula is C21H21FN4OS. The Morgan fingerprint density at radius 1 is 1.00 bits per heavy atom. The number of rotatable bonds is 6. The largest absolute Gasteiger partial charge is 0.378 e. The molecule has 0 bridgehead atoms. The highest BCUT2D eigenvalue weighted by Gasteiger charge is 2.16. The Morgan fingerprint density at radius 2 is 1.82 bits per heavy atom. The molecule has 1 fully saturated rings. The Hall–Kier alpha value is -2.51. The number of anilines is 1. The van der Waals surface area contributed by atoms with E-state index in [1.165, 1.54) is 12.1 Å². The van der Waals surface area contributed by atoms with Crippen LogP contribution in [0.25, 0.3) is 11.5 Å². The van der Waals surface area contributed by atoms with Crippen molar-refractivity contribution in [1.29, 1.82) is 0 Å². The number of halogens is 1. The van der Waals surface area contributed by atoms with Crippen LogP contribution in [-0.2, 0) is 16.2 Å². The van der Waals surface area contributed by atoms with E-state index in [2.05, 4.69) is 16.0 Å². The van der Waals surface area contributed by atoms with Crippen LogP contribution in [0.3, 0.4) is 0 Å².